The van der Waals surface area contributed by atoms with Crippen molar-refractivity contribution in [3.63, 3.8) is 0 Å². The number of rotatable bonds is 1. The molecule has 3 aromatic rings. The number of para-hydroxylation sites is 1. The third kappa shape index (κ3) is 2.21. The number of benzene rings is 3. The highest BCUT2D eigenvalue weighted by atomic mass is 35.5. The quantitative estimate of drug-likeness (QED) is 0.392. The Kier molecular flexibility index (Phi) is 3.21. The number of anilines is 3. The molecule has 0 amide bonds. The van der Waals surface area contributed by atoms with Gasteiger partial charge in [0.1, 0.15) is 0 Å². The smallest absolute Gasteiger partial charge is 0.151 e. The Hall–Kier alpha value is -2.16. The highest BCUT2D eigenvalue weighted by molar-refractivity contribution is 6.31. The first-order valence-electron chi connectivity index (χ1n) is 6.84. The molecule has 0 saturated heterocycles. The Morgan fingerprint density at radius 1 is 0.682 bits per heavy atom. The lowest BCUT2D eigenvalue weighted by Gasteiger charge is -2.33. The van der Waals surface area contributed by atoms with E-state index in [9.17, 15) is 0 Å². The minimum absolute atomic E-state index is 0.661. The van der Waals surface area contributed by atoms with Gasteiger partial charge in [0.25, 0.3) is 0 Å². The zero-order chi connectivity index (χ0) is 15.1. The highest BCUT2D eigenvalue weighted by Crippen LogP contribution is 2.51. The molecule has 1 aliphatic rings. The summed E-state index contributed by atoms with van der Waals surface area (Å²) in [7, 11) is 0. The summed E-state index contributed by atoms with van der Waals surface area (Å²) in [5, 5.41) is 1.32. The second-order valence-corrected chi connectivity index (χ2v) is 5.87. The van der Waals surface area contributed by atoms with E-state index in [1.165, 1.54) is 0 Å². The minimum Gasteiger partial charge on any atom is -0.453 e. The van der Waals surface area contributed by atoms with E-state index in [4.69, 9.17) is 27.9 Å². The third-order valence-electron chi connectivity index (χ3n) is 3.56. The van der Waals surface area contributed by atoms with Crippen LogP contribution in [-0.4, -0.2) is 0 Å². The number of halogens is 2. The predicted octanol–water partition coefficient (Wildman–Crippen LogP) is 6.57. The summed E-state index contributed by atoms with van der Waals surface area (Å²) < 4.78 is 5.98. The van der Waals surface area contributed by atoms with E-state index in [0.29, 0.717) is 10.0 Å². The Balaban J connectivity index is 1.99. The lowest BCUT2D eigenvalue weighted by atomic mass is 10.1. The fourth-order valence-electron chi connectivity index (χ4n) is 2.61. The van der Waals surface area contributed by atoms with E-state index in [1.54, 1.807) is 0 Å². The zero-order valence-corrected chi connectivity index (χ0v) is 13.0. The number of nitrogens with zero attached hydrogens (tertiary/aromatic N) is 1. The molecule has 4 heteroatoms. The Bertz CT molecular complexity index is 797. The van der Waals surface area contributed by atoms with Crippen molar-refractivity contribution in [2.45, 2.75) is 0 Å². The van der Waals surface area contributed by atoms with Gasteiger partial charge in [-0.05, 0) is 48.5 Å². The van der Waals surface area contributed by atoms with Crippen molar-refractivity contribution in [3.05, 3.63) is 76.8 Å². The van der Waals surface area contributed by atoms with Gasteiger partial charge in [0, 0.05) is 15.7 Å². The number of hydrogen-bond acceptors (Lipinski definition) is 2. The van der Waals surface area contributed by atoms with Gasteiger partial charge >= 0.3 is 0 Å². The van der Waals surface area contributed by atoms with Gasteiger partial charge in [-0.15, -0.1) is 0 Å². The van der Waals surface area contributed by atoms with Crippen molar-refractivity contribution in [1.29, 1.82) is 0 Å². The Morgan fingerprint density at radius 3 is 1.77 bits per heavy atom. The van der Waals surface area contributed by atoms with Crippen molar-refractivity contribution >= 4 is 40.3 Å². The fraction of sp³-hybridized carbons (Fsp3) is 0. The summed E-state index contributed by atoms with van der Waals surface area (Å²) in [5.74, 6) is 1.53. The van der Waals surface area contributed by atoms with Crippen molar-refractivity contribution in [3.8, 4) is 11.5 Å². The molecule has 4 rings (SSSR count). The van der Waals surface area contributed by atoms with E-state index >= 15 is 0 Å². The predicted molar refractivity (Wildman–Crippen MR) is 91.2 cm³/mol. The second-order valence-electron chi connectivity index (χ2n) is 5.00. The molecule has 108 valence electrons. The summed E-state index contributed by atoms with van der Waals surface area (Å²) in [4.78, 5) is 2.10. The fourth-order valence-corrected chi connectivity index (χ4v) is 2.94. The van der Waals surface area contributed by atoms with Gasteiger partial charge in [0.05, 0.1) is 11.4 Å². The van der Waals surface area contributed by atoms with Crippen LogP contribution in [0.3, 0.4) is 0 Å². The molecular weight excluding hydrogens is 317 g/mol. The van der Waals surface area contributed by atoms with Crippen LogP contribution in [0.15, 0.2) is 66.7 Å². The lowest BCUT2D eigenvalue weighted by molar-refractivity contribution is 0.477. The second kappa shape index (κ2) is 5.24. The van der Waals surface area contributed by atoms with Crippen molar-refractivity contribution in [2.75, 3.05) is 4.90 Å². The molecule has 0 spiro atoms. The van der Waals surface area contributed by atoms with Crippen LogP contribution in [0, 0.1) is 0 Å². The number of hydrogen-bond donors (Lipinski definition) is 0. The van der Waals surface area contributed by atoms with E-state index < -0.39 is 0 Å². The van der Waals surface area contributed by atoms with Gasteiger partial charge in [-0.3, -0.25) is 0 Å². The van der Waals surface area contributed by atoms with E-state index in [0.717, 1.165) is 28.6 Å². The van der Waals surface area contributed by atoms with E-state index in [-0.39, 0.29) is 0 Å². The third-order valence-corrected chi connectivity index (χ3v) is 4.03. The van der Waals surface area contributed by atoms with Crippen molar-refractivity contribution in [1.82, 2.24) is 0 Å². The SMILES string of the molecule is Clc1ccc2c(c1)N(c1ccccc1)c1cc(Cl)ccc1O2. The van der Waals surface area contributed by atoms with E-state index in [1.807, 2.05) is 66.7 Å². The van der Waals surface area contributed by atoms with Gasteiger partial charge in [0.15, 0.2) is 11.5 Å². The summed E-state index contributed by atoms with van der Waals surface area (Å²) in [6.07, 6.45) is 0. The highest BCUT2D eigenvalue weighted by Gasteiger charge is 2.26. The number of ether oxygens (including phenoxy) is 1. The normalized spacial score (nSPS) is 12.4. The Morgan fingerprint density at radius 2 is 1.23 bits per heavy atom. The van der Waals surface area contributed by atoms with Crippen molar-refractivity contribution < 1.29 is 4.74 Å². The minimum atomic E-state index is 0.661. The van der Waals surface area contributed by atoms with Crippen LogP contribution in [0.25, 0.3) is 0 Å². The van der Waals surface area contributed by atoms with Gasteiger partial charge in [-0.2, -0.15) is 0 Å². The molecule has 22 heavy (non-hydrogen) atoms. The molecule has 0 aromatic heterocycles. The molecule has 0 unspecified atom stereocenters. The van der Waals surface area contributed by atoms with Crippen LogP contribution in [0.4, 0.5) is 17.1 Å². The molecule has 0 aliphatic carbocycles. The maximum atomic E-state index is 6.18. The molecule has 3 aromatic carbocycles. The van der Waals surface area contributed by atoms with Crippen LogP contribution < -0.4 is 9.64 Å². The van der Waals surface area contributed by atoms with Gasteiger partial charge in [-0.1, -0.05) is 41.4 Å². The number of fused-ring (bicyclic) bond motifs is 2. The van der Waals surface area contributed by atoms with Crippen LogP contribution in [0.5, 0.6) is 11.5 Å². The van der Waals surface area contributed by atoms with Gasteiger partial charge < -0.3 is 9.64 Å². The molecular formula is C18H11Cl2NO. The molecule has 0 radical (unpaired) electrons. The molecule has 0 saturated carbocycles. The first-order chi connectivity index (χ1) is 10.7. The molecule has 1 heterocycles. The Labute approximate surface area is 138 Å². The summed E-state index contributed by atoms with van der Waals surface area (Å²) in [6, 6.07) is 21.3. The molecule has 0 atom stereocenters. The summed E-state index contributed by atoms with van der Waals surface area (Å²) >= 11 is 12.4. The standard InChI is InChI=1S/C18H11Cl2NO/c19-12-6-8-17-15(10-12)21(14-4-2-1-3-5-14)16-11-13(20)7-9-18(16)22-17/h1-11H. The molecule has 2 nitrogen and oxygen atoms in total. The monoisotopic (exact) mass is 327 g/mol. The molecule has 1 aliphatic heterocycles. The maximum Gasteiger partial charge on any atom is 0.151 e. The van der Waals surface area contributed by atoms with Gasteiger partial charge in [-0.25, -0.2) is 0 Å². The molecule has 0 N–H and O–H groups in total. The lowest BCUT2D eigenvalue weighted by Crippen LogP contribution is -2.15. The topological polar surface area (TPSA) is 12.5 Å². The first-order valence-corrected chi connectivity index (χ1v) is 7.60. The maximum absolute atomic E-state index is 6.18. The molecule has 0 bridgehead atoms. The molecule has 0 fully saturated rings. The summed E-state index contributed by atoms with van der Waals surface area (Å²) in [6.45, 7) is 0. The van der Waals surface area contributed by atoms with E-state index in [2.05, 4.69) is 4.90 Å². The largest absolute Gasteiger partial charge is 0.453 e. The summed E-state index contributed by atoms with van der Waals surface area (Å²) in [5.41, 5.74) is 2.82. The van der Waals surface area contributed by atoms with Crippen LogP contribution in [0.1, 0.15) is 0 Å². The first kappa shape index (κ1) is 13.5. The van der Waals surface area contributed by atoms with Crippen LogP contribution in [-0.2, 0) is 0 Å². The average Bonchev–Trinajstić information content (AvgIpc) is 2.54. The van der Waals surface area contributed by atoms with Gasteiger partial charge in [0.2, 0.25) is 0 Å². The zero-order valence-electron chi connectivity index (χ0n) is 11.5. The van der Waals surface area contributed by atoms with Crippen LogP contribution in [0.2, 0.25) is 10.0 Å². The van der Waals surface area contributed by atoms with Crippen molar-refractivity contribution in [2.24, 2.45) is 0 Å². The van der Waals surface area contributed by atoms with Crippen LogP contribution >= 0.6 is 23.2 Å². The average molecular weight is 328 g/mol.